The maximum Gasteiger partial charge on any atom is 0.306 e. The largest absolute Gasteiger partial charge is 0.481 e. The molecular weight excluding hydrogens is 361 g/mol. The molecule has 5 nitrogen and oxygen atoms in total. The van der Waals surface area contributed by atoms with Crippen molar-refractivity contribution in [1.82, 2.24) is 5.32 Å². The molecule has 0 aromatic heterocycles. The Hall–Kier alpha value is -1.15. The van der Waals surface area contributed by atoms with E-state index in [1.807, 2.05) is 19.1 Å². The summed E-state index contributed by atoms with van der Waals surface area (Å²) in [5, 5.41) is 11.4. The average Bonchev–Trinajstić information content (AvgIpc) is 2.37. The predicted molar refractivity (Wildman–Crippen MR) is 79.3 cm³/mol. The highest BCUT2D eigenvalue weighted by Crippen LogP contribution is 2.16. The van der Waals surface area contributed by atoms with Gasteiger partial charge < -0.3 is 15.2 Å². The molecule has 0 bridgehead atoms. The van der Waals surface area contributed by atoms with Crippen LogP contribution >= 0.6 is 22.6 Å². The second kappa shape index (κ2) is 7.44. The Morgan fingerprint density at radius 2 is 2.16 bits per heavy atom. The lowest BCUT2D eigenvalue weighted by Gasteiger charge is -2.14. The van der Waals surface area contributed by atoms with Gasteiger partial charge in [-0.15, -0.1) is 0 Å². The molecule has 1 amide bonds. The topological polar surface area (TPSA) is 75.6 Å². The number of amides is 1. The van der Waals surface area contributed by atoms with E-state index in [2.05, 4.69) is 27.9 Å². The van der Waals surface area contributed by atoms with Gasteiger partial charge in [-0.25, -0.2) is 0 Å². The van der Waals surface area contributed by atoms with Gasteiger partial charge >= 0.3 is 5.97 Å². The molecule has 0 aliphatic rings. The van der Waals surface area contributed by atoms with Crippen molar-refractivity contribution in [1.29, 1.82) is 0 Å². The van der Waals surface area contributed by atoms with Gasteiger partial charge in [-0.1, -0.05) is 12.1 Å². The minimum Gasteiger partial charge on any atom is -0.481 e. The van der Waals surface area contributed by atoms with Gasteiger partial charge in [-0.2, -0.15) is 0 Å². The van der Waals surface area contributed by atoms with Gasteiger partial charge in [0.15, 0.2) is 0 Å². The number of rotatable bonds is 6. The third-order valence-electron chi connectivity index (χ3n) is 2.66. The van der Waals surface area contributed by atoms with E-state index in [1.54, 1.807) is 6.07 Å². The molecule has 1 atom stereocenters. The number of ether oxygens (including phenoxy) is 1. The minimum absolute atomic E-state index is 0.137. The van der Waals surface area contributed by atoms with Crippen LogP contribution in [0.3, 0.4) is 0 Å². The van der Waals surface area contributed by atoms with Gasteiger partial charge in [0.1, 0.15) is 0 Å². The number of carboxylic acid groups (broad SMARTS) is 1. The maximum atomic E-state index is 12.0. The van der Waals surface area contributed by atoms with Crippen LogP contribution in [0.5, 0.6) is 0 Å². The van der Waals surface area contributed by atoms with Crippen molar-refractivity contribution >= 4 is 34.5 Å². The number of nitrogens with one attached hydrogen (secondary N) is 1. The first-order chi connectivity index (χ1) is 8.95. The predicted octanol–water partition coefficient (Wildman–Crippen LogP) is 1.82. The number of halogens is 1. The normalized spacial score (nSPS) is 11.9. The maximum absolute atomic E-state index is 12.0. The van der Waals surface area contributed by atoms with E-state index in [-0.39, 0.29) is 18.9 Å². The fourth-order valence-electron chi connectivity index (χ4n) is 1.56. The van der Waals surface area contributed by atoms with Crippen LogP contribution < -0.4 is 5.32 Å². The van der Waals surface area contributed by atoms with Crippen molar-refractivity contribution in [3.8, 4) is 0 Å². The first-order valence-corrected chi connectivity index (χ1v) is 6.81. The Morgan fingerprint density at radius 3 is 2.74 bits per heavy atom. The summed E-state index contributed by atoms with van der Waals surface area (Å²) in [6, 6.07) is 5.49. The molecule has 0 saturated carbocycles. The zero-order chi connectivity index (χ0) is 14.4. The molecule has 0 saturated heterocycles. The molecule has 1 aromatic rings. The van der Waals surface area contributed by atoms with Gasteiger partial charge in [0.2, 0.25) is 0 Å². The van der Waals surface area contributed by atoms with E-state index >= 15 is 0 Å². The lowest BCUT2D eigenvalue weighted by atomic mass is 10.1. The quantitative estimate of drug-likeness (QED) is 0.742. The number of carbonyl (C=O) groups excluding carboxylic acids is 1. The van der Waals surface area contributed by atoms with E-state index in [0.29, 0.717) is 5.56 Å². The number of carboxylic acids is 1. The monoisotopic (exact) mass is 377 g/mol. The Morgan fingerprint density at radius 1 is 1.47 bits per heavy atom. The van der Waals surface area contributed by atoms with Crippen LogP contribution in [0.1, 0.15) is 22.3 Å². The molecule has 1 aromatic carbocycles. The fraction of sp³-hybridized carbons (Fsp3) is 0.385. The number of carbonyl (C=O) groups is 2. The van der Waals surface area contributed by atoms with Crippen molar-refractivity contribution in [2.45, 2.75) is 19.4 Å². The molecule has 1 rings (SSSR count). The fourth-order valence-corrected chi connectivity index (χ4v) is 2.16. The summed E-state index contributed by atoms with van der Waals surface area (Å²) < 4.78 is 5.90. The zero-order valence-electron chi connectivity index (χ0n) is 10.8. The van der Waals surface area contributed by atoms with Crippen LogP contribution in [0.4, 0.5) is 0 Å². The number of methoxy groups -OCH3 is 1. The third-order valence-corrected chi connectivity index (χ3v) is 4.09. The van der Waals surface area contributed by atoms with Gasteiger partial charge in [0, 0.05) is 17.2 Å². The highest BCUT2D eigenvalue weighted by Gasteiger charge is 2.16. The highest BCUT2D eigenvalue weighted by molar-refractivity contribution is 14.1. The Labute approximate surface area is 125 Å². The summed E-state index contributed by atoms with van der Waals surface area (Å²) in [6.45, 7) is 2.10. The SMILES string of the molecule is COC(CNC(=O)c1cccc(C)c1I)CC(=O)O. The lowest BCUT2D eigenvalue weighted by Crippen LogP contribution is -2.34. The van der Waals surface area contributed by atoms with Crippen LogP contribution in [0.25, 0.3) is 0 Å². The number of aryl methyl sites for hydroxylation is 1. The second-order valence-corrected chi connectivity index (χ2v) is 5.18. The molecular formula is C13H16INO4. The third kappa shape index (κ3) is 4.79. The molecule has 1 unspecified atom stereocenters. The molecule has 19 heavy (non-hydrogen) atoms. The highest BCUT2D eigenvalue weighted by atomic mass is 127. The van der Waals surface area contributed by atoms with Gasteiger partial charge in [-0.05, 0) is 41.1 Å². The van der Waals surface area contributed by atoms with Crippen LogP contribution in [-0.2, 0) is 9.53 Å². The van der Waals surface area contributed by atoms with Crippen LogP contribution in [0.15, 0.2) is 18.2 Å². The molecule has 0 aliphatic carbocycles. The molecule has 6 heteroatoms. The summed E-state index contributed by atoms with van der Waals surface area (Å²) in [5.74, 6) is -1.17. The van der Waals surface area contributed by atoms with E-state index in [0.717, 1.165) is 9.13 Å². The van der Waals surface area contributed by atoms with Gasteiger partial charge in [0.05, 0.1) is 18.1 Å². The summed E-state index contributed by atoms with van der Waals surface area (Å²) in [4.78, 5) is 22.6. The van der Waals surface area contributed by atoms with E-state index in [1.165, 1.54) is 7.11 Å². The molecule has 0 aliphatic heterocycles. The Bertz CT molecular complexity index is 476. The molecule has 0 spiro atoms. The number of hydrogen-bond acceptors (Lipinski definition) is 3. The second-order valence-electron chi connectivity index (χ2n) is 4.10. The van der Waals surface area contributed by atoms with Gasteiger partial charge in [-0.3, -0.25) is 9.59 Å². The van der Waals surface area contributed by atoms with Crippen molar-refractivity contribution in [3.63, 3.8) is 0 Å². The van der Waals surface area contributed by atoms with Crippen LogP contribution in [-0.4, -0.2) is 36.7 Å². The van der Waals surface area contributed by atoms with Crippen molar-refractivity contribution in [2.24, 2.45) is 0 Å². The Balaban J connectivity index is 2.64. The standard InChI is InChI=1S/C13H16INO4/c1-8-4-3-5-10(12(8)14)13(18)15-7-9(19-2)6-11(16)17/h3-5,9H,6-7H2,1-2H3,(H,15,18)(H,16,17). The zero-order valence-corrected chi connectivity index (χ0v) is 12.9. The van der Waals surface area contributed by atoms with Crippen molar-refractivity contribution < 1.29 is 19.4 Å². The smallest absolute Gasteiger partial charge is 0.306 e. The number of aliphatic carboxylic acids is 1. The molecule has 0 radical (unpaired) electrons. The van der Waals surface area contributed by atoms with Crippen LogP contribution in [0.2, 0.25) is 0 Å². The van der Waals surface area contributed by atoms with E-state index in [4.69, 9.17) is 9.84 Å². The lowest BCUT2D eigenvalue weighted by molar-refractivity contribution is -0.139. The van der Waals surface area contributed by atoms with E-state index < -0.39 is 12.1 Å². The first-order valence-electron chi connectivity index (χ1n) is 5.73. The van der Waals surface area contributed by atoms with Crippen molar-refractivity contribution in [3.05, 3.63) is 32.9 Å². The number of benzene rings is 1. The van der Waals surface area contributed by atoms with Crippen LogP contribution in [0, 0.1) is 10.5 Å². The van der Waals surface area contributed by atoms with E-state index in [9.17, 15) is 9.59 Å². The summed E-state index contributed by atoms with van der Waals surface area (Å²) in [6.07, 6.45) is -0.661. The first kappa shape index (κ1) is 15.9. The average molecular weight is 377 g/mol. The van der Waals surface area contributed by atoms with Crippen molar-refractivity contribution in [2.75, 3.05) is 13.7 Å². The molecule has 2 N–H and O–H groups in total. The Kier molecular flexibility index (Phi) is 6.23. The summed E-state index contributed by atoms with van der Waals surface area (Å²) >= 11 is 2.12. The molecule has 0 heterocycles. The minimum atomic E-state index is -0.953. The molecule has 104 valence electrons. The van der Waals surface area contributed by atoms with Gasteiger partial charge in [0.25, 0.3) is 5.91 Å². The summed E-state index contributed by atoms with van der Waals surface area (Å²) in [5.41, 5.74) is 1.62. The summed E-state index contributed by atoms with van der Waals surface area (Å²) in [7, 11) is 1.43. The number of hydrogen-bond donors (Lipinski definition) is 2. The molecule has 0 fully saturated rings.